The molecule has 1 unspecified atom stereocenters. The molecule has 0 saturated carbocycles. The fraction of sp³-hybridized carbons (Fsp3) is 0.429. The van der Waals surface area contributed by atoms with Crippen LogP contribution < -0.4 is 0 Å². The number of nitrogens with zero attached hydrogens (tertiary/aromatic N) is 3. The molecule has 2 aromatic heterocycles. The SMILES string of the molecule is O=C(Cc1ccc(S(=O)(=O)N2CCCC2)s1)N1CCCC1c1nc2ccccc2s1. The molecule has 4 heterocycles. The van der Waals surface area contributed by atoms with Gasteiger partial charge in [-0.15, -0.1) is 22.7 Å². The summed E-state index contributed by atoms with van der Waals surface area (Å²) in [6.45, 7) is 1.90. The molecule has 9 heteroatoms. The molecule has 1 aromatic carbocycles. The molecule has 0 N–H and O–H groups in total. The van der Waals surface area contributed by atoms with Gasteiger partial charge in [0.2, 0.25) is 5.91 Å². The maximum atomic E-state index is 13.1. The van der Waals surface area contributed by atoms with E-state index >= 15 is 0 Å². The van der Waals surface area contributed by atoms with Gasteiger partial charge in [-0.1, -0.05) is 12.1 Å². The lowest BCUT2D eigenvalue weighted by Crippen LogP contribution is -2.31. The van der Waals surface area contributed by atoms with Gasteiger partial charge in [-0.3, -0.25) is 4.79 Å². The van der Waals surface area contributed by atoms with Gasteiger partial charge in [0.05, 0.1) is 22.7 Å². The molecule has 5 rings (SSSR count). The molecular formula is C21H23N3O3S3. The first-order valence-corrected chi connectivity index (χ1v) is 13.3. The summed E-state index contributed by atoms with van der Waals surface area (Å²) in [5.41, 5.74) is 0.979. The molecule has 2 aliphatic rings. The predicted octanol–water partition coefficient (Wildman–Crippen LogP) is 4.05. The Balaban J connectivity index is 1.32. The van der Waals surface area contributed by atoms with Crippen molar-refractivity contribution in [3.8, 4) is 0 Å². The van der Waals surface area contributed by atoms with Crippen molar-refractivity contribution in [1.82, 2.24) is 14.2 Å². The van der Waals surface area contributed by atoms with Crippen LogP contribution in [-0.4, -0.2) is 48.1 Å². The van der Waals surface area contributed by atoms with E-state index in [-0.39, 0.29) is 18.4 Å². The minimum absolute atomic E-state index is 0.0164. The summed E-state index contributed by atoms with van der Waals surface area (Å²) < 4.78 is 28.5. The van der Waals surface area contributed by atoms with Gasteiger partial charge in [-0.2, -0.15) is 4.31 Å². The largest absolute Gasteiger partial charge is 0.333 e. The topological polar surface area (TPSA) is 70.6 Å². The van der Waals surface area contributed by atoms with E-state index in [1.165, 1.54) is 11.3 Å². The van der Waals surface area contributed by atoms with Crippen molar-refractivity contribution < 1.29 is 13.2 Å². The molecular weight excluding hydrogens is 438 g/mol. The number of rotatable bonds is 5. The lowest BCUT2D eigenvalue weighted by atomic mass is 10.2. The van der Waals surface area contributed by atoms with Crippen molar-refractivity contribution in [2.75, 3.05) is 19.6 Å². The van der Waals surface area contributed by atoms with Crippen LogP contribution >= 0.6 is 22.7 Å². The Bertz CT molecular complexity index is 1150. The average Bonchev–Trinajstić information content (AvgIpc) is 3.54. The number of carbonyl (C=O) groups excluding carboxylic acids is 1. The molecule has 158 valence electrons. The number of fused-ring (bicyclic) bond motifs is 1. The monoisotopic (exact) mass is 461 g/mol. The summed E-state index contributed by atoms with van der Waals surface area (Å²) in [6.07, 6.45) is 3.95. The number of sulfonamides is 1. The summed E-state index contributed by atoms with van der Waals surface area (Å²) in [7, 11) is -3.42. The summed E-state index contributed by atoms with van der Waals surface area (Å²) in [5, 5.41) is 0.991. The van der Waals surface area contributed by atoms with Crippen molar-refractivity contribution in [2.24, 2.45) is 0 Å². The van der Waals surface area contributed by atoms with Crippen molar-refractivity contribution in [3.63, 3.8) is 0 Å². The van der Waals surface area contributed by atoms with Crippen LogP contribution in [0.25, 0.3) is 10.2 Å². The second kappa shape index (κ2) is 8.03. The van der Waals surface area contributed by atoms with E-state index in [1.54, 1.807) is 27.8 Å². The first kappa shape index (κ1) is 20.1. The van der Waals surface area contributed by atoms with Crippen LogP contribution in [0.4, 0.5) is 0 Å². The second-order valence-corrected chi connectivity index (χ2v) is 12.2. The van der Waals surface area contributed by atoms with Gasteiger partial charge in [0.25, 0.3) is 10.0 Å². The highest BCUT2D eigenvalue weighted by atomic mass is 32.2. The zero-order valence-corrected chi connectivity index (χ0v) is 18.9. The number of thiophene rings is 1. The van der Waals surface area contributed by atoms with E-state index in [0.29, 0.717) is 17.3 Å². The molecule has 0 spiro atoms. The third-order valence-corrected chi connectivity index (χ3v) is 10.4. The molecule has 2 aliphatic heterocycles. The van der Waals surface area contributed by atoms with Crippen LogP contribution in [0.2, 0.25) is 0 Å². The van der Waals surface area contributed by atoms with E-state index in [1.807, 2.05) is 23.1 Å². The summed E-state index contributed by atoms with van der Waals surface area (Å²) in [6, 6.07) is 11.5. The highest BCUT2D eigenvalue weighted by molar-refractivity contribution is 7.91. The van der Waals surface area contributed by atoms with Crippen LogP contribution in [0, 0.1) is 0 Å². The summed E-state index contributed by atoms with van der Waals surface area (Å²) in [4.78, 5) is 20.6. The zero-order valence-electron chi connectivity index (χ0n) is 16.5. The molecule has 30 heavy (non-hydrogen) atoms. The van der Waals surface area contributed by atoms with Crippen LogP contribution in [0.1, 0.15) is 41.6 Å². The smallest absolute Gasteiger partial charge is 0.252 e. The maximum absolute atomic E-state index is 13.1. The van der Waals surface area contributed by atoms with Gasteiger partial charge >= 0.3 is 0 Å². The molecule has 1 atom stereocenters. The van der Waals surface area contributed by atoms with E-state index in [4.69, 9.17) is 4.98 Å². The van der Waals surface area contributed by atoms with Crippen molar-refractivity contribution >= 4 is 48.8 Å². The minimum Gasteiger partial charge on any atom is -0.333 e. The van der Waals surface area contributed by atoms with E-state index in [9.17, 15) is 13.2 Å². The van der Waals surface area contributed by atoms with E-state index in [0.717, 1.165) is 52.3 Å². The number of amides is 1. The fourth-order valence-electron chi connectivity index (χ4n) is 4.25. The number of likely N-dealkylation sites (tertiary alicyclic amines) is 1. The number of hydrogen-bond donors (Lipinski definition) is 0. The fourth-order valence-corrected chi connectivity index (χ4v) is 8.39. The number of benzene rings is 1. The van der Waals surface area contributed by atoms with Crippen molar-refractivity contribution in [3.05, 3.63) is 46.3 Å². The van der Waals surface area contributed by atoms with Gasteiger partial charge in [-0.25, -0.2) is 13.4 Å². The average molecular weight is 462 g/mol. The van der Waals surface area contributed by atoms with E-state index < -0.39 is 10.0 Å². The quantitative estimate of drug-likeness (QED) is 0.575. The van der Waals surface area contributed by atoms with Crippen molar-refractivity contribution in [1.29, 1.82) is 0 Å². The Labute approximate surface area is 184 Å². The third kappa shape index (κ3) is 3.68. The zero-order chi connectivity index (χ0) is 20.7. The highest BCUT2D eigenvalue weighted by Gasteiger charge is 2.33. The standard InChI is InChI=1S/C21H23N3O3S3/c25-19(14-15-9-10-20(28-15)30(26,27)23-11-3-4-12-23)24-13-5-7-17(24)21-22-16-6-1-2-8-18(16)29-21/h1-2,6,8-10,17H,3-5,7,11-14H2. The Morgan fingerprint density at radius 2 is 1.83 bits per heavy atom. The minimum atomic E-state index is -3.42. The number of thiazole rings is 1. The van der Waals surface area contributed by atoms with Crippen molar-refractivity contribution in [2.45, 2.75) is 42.4 Å². The van der Waals surface area contributed by atoms with Crippen LogP contribution in [0.5, 0.6) is 0 Å². The molecule has 0 radical (unpaired) electrons. The summed E-state index contributed by atoms with van der Waals surface area (Å²) >= 11 is 2.88. The maximum Gasteiger partial charge on any atom is 0.252 e. The predicted molar refractivity (Wildman–Crippen MR) is 119 cm³/mol. The molecule has 0 aliphatic carbocycles. The molecule has 6 nitrogen and oxygen atoms in total. The molecule has 3 aromatic rings. The lowest BCUT2D eigenvalue weighted by Gasteiger charge is -2.22. The third-order valence-electron chi connectivity index (χ3n) is 5.79. The van der Waals surface area contributed by atoms with Gasteiger partial charge in [0.1, 0.15) is 9.22 Å². The Morgan fingerprint density at radius 3 is 2.63 bits per heavy atom. The number of hydrogen-bond acceptors (Lipinski definition) is 6. The number of aromatic nitrogens is 1. The first-order chi connectivity index (χ1) is 14.5. The second-order valence-electron chi connectivity index (χ2n) is 7.77. The first-order valence-electron chi connectivity index (χ1n) is 10.3. The Kier molecular flexibility index (Phi) is 5.38. The normalized spacial score (nSPS) is 20.4. The molecule has 0 bridgehead atoms. The Morgan fingerprint density at radius 1 is 1.03 bits per heavy atom. The van der Waals surface area contributed by atoms with Crippen LogP contribution in [0.3, 0.4) is 0 Å². The lowest BCUT2D eigenvalue weighted by molar-refractivity contribution is -0.131. The Hall–Kier alpha value is -1.81. The van der Waals surface area contributed by atoms with Gasteiger partial charge in [0, 0.05) is 24.5 Å². The molecule has 2 fully saturated rings. The molecule has 1 amide bonds. The summed E-state index contributed by atoms with van der Waals surface area (Å²) in [5.74, 6) is 0.0451. The van der Waals surface area contributed by atoms with Crippen LogP contribution in [0.15, 0.2) is 40.6 Å². The van der Waals surface area contributed by atoms with Gasteiger partial charge in [0.15, 0.2) is 0 Å². The van der Waals surface area contributed by atoms with Gasteiger partial charge < -0.3 is 4.90 Å². The van der Waals surface area contributed by atoms with E-state index in [2.05, 4.69) is 6.07 Å². The number of carbonyl (C=O) groups is 1. The number of para-hydroxylation sites is 1. The van der Waals surface area contributed by atoms with Crippen LogP contribution in [-0.2, 0) is 21.2 Å². The van der Waals surface area contributed by atoms with Gasteiger partial charge in [-0.05, 0) is 49.9 Å². The highest BCUT2D eigenvalue weighted by Crippen LogP contribution is 2.37. The molecule has 2 saturated heterocycles.